The number of unbranched alkanes of at least 4 members (excludes halogenated alkanes) is 1. The number of likely N-dealkylation sites (N-methyl/N-ethyl adjacent to an activating group) is 2. The van der Waals surface area contributed by atoms with Crippen LogP contribution in [0.5, 0.6) is 5.75 Å². The Bertz CT molecular complexity index is 820. The predicted molar refractivity (Wildman–Crippen MR) is 128 cm³/mol. The predicted octanol–water partition coefficient (Wildman–Crippen LogP) is 3.90. The minimum Gasteiger partial charge on any atom is -0.496 e. The molecule has 7 heteroatoms. The first-order valence-corrected chi connectivity index (χ1v) is 10.8. The number of rotatable bonds is 10. The Morgan fingerprint density at radius 2 is 1.90 bits per heavy atom. The quantitative estimate of drug-likeness (QED) is 0.544. The van der Waals surface area contributed by atoms with Crippen LogP contribution in [0.25, 0.3) is 11.4 Å². The molecule has 2 rings (SSSR count). The first-order valence-electron chi connectivity index (χ1n) is 10.8. The van der Waals surface area contributed by atoms with E-state index in [4.69, 9.17) is 4.74 Å². The van der Waals surface area contributed by atoms with Crippen molar-refractivity contribution in [2.24, 2.45) is 0 Å². The van der Waals surface area contributed by atoms with Gasteiger partial charge in [-0.25, -0.2) is 4.98 Å². The molecule has 3 N–H and O–H groups in total. The zero-order chi connectivity index (χ0) is 22.5. The molecule has 0 aliphatic rings. The molecule has 7 nitrogen and oxygen atoms in total. The van der Waals surface area contributed by atoms with Gasteiger partial charge in [0, 0.05) is 38.9 Å². The van der Waals surface area contributed by atoms with Crippen molar-refractivity contribution in [3.8, 4) is 17.1 Å². The van der Waals surface area contributed by atoms with Crippen LogP contribution in [0.1, 0.15) is 45.6 Å². The second-order valence-corrected chi connectivity index (χ2v) is 7.21. The van der Waals surface area contributed by atoms with E-state index < -0.39 is 0 Å². The summed E-state index contributed by atoms with van der Waals surface area (Å²) in [5.41, 5.74) is 2.40. The van der Waals surface area contributed by atoms with Gasteiger partial charge in [0.2, 0.25) is 0 Å². The Hall–Kier alpha value is -2.54. The number of anilines is 2. The number of aromatic amines is 1. The lowest BCUT2D eigenvalue weighted by atomic mass is 10.1. The van der Waals surface area contributed by atoms with E-state index in [2.05, 4.69) is 46.3 Å². The van der Waals surface area contributed by atoms with Gasteiger partial charge in [0.25, 0.3) is 5.56 Å². The van der Waals surface area contributed by atoms with Gasteiger partial charge in [-0.15, -0.1) is 0 Å². The average molecular weight is 418 g/mol. The Morgan fingerprint density at radius 1 is 1.20 bits per heavy atom. The molecule has 168 valence electrons. The number of methoxy groups -OCH3 is 1. The van der Waals surface area contributed by atoms with Crippen molar-refractivity contribution in [1.82, 2.24) is 15.3 Å². The van der Waals surface area contributed by atoms with E-state index in [0.29, 0.717) is 29.4 Å². The number of H-pyrrole nitrogens is 1. The molecular formula is C23H39N5O2. The average Bonchev–Trinajstić information content (AvgIpc) is 2.76. The minimum absolute atomic E-state index is 0.102. The van der Waals surface area contributed by atoms with Crippen LogP contribution in [0.2, 0.25) is 0 Å². The molecule has 2 aromatic rings. The second-order valence-electron chi connectivity index (χ2n) is 7.21. The maximum absolute atomic E-state index is 12.6. The van der Waals surface area contributed by atoms with Crippen LogP contribution < -0.4 is 25.8 Å². The lowest BCUT2D eigenvalue weighted by molar-refractivity contribution is 0.416. The number of benzene rings is 1. The van der Waals surface area contributed by atoms with E-state index >= 15 is 0 Å². The smallest absolute Gasteiger partial charge is 0.256 e. The number of ether oxygens (including phenoxy) is 1. The van der Waals surface area contributed by atoms with Crippen LogP contribution in [-0.4, -0.2) is 51.3 Å². The Morgan fingerprint density at radius 3 is 2.47 bits per heavy atom. The number of hydrogen-bond acceptors (Lipinski definition) is 6. The van der Waals surface area contributed by atoms with Crippen molar-refractivity contribution in [1.29, 1.82) is 0 Å². The van der Waals surface area contributed by atoms with Gasteiger partial charge in [0.1, 0.15) is 17.4 Å². The standard InChI is InChI=1S/C20H31N5O2.C3H8/c1-6-7-8-16-18(22-3)23-19(24-20(16)26)15-10-9-14(13-17(15)27-5)25(4)12-11-21-2;1-3-2/h9-10,13,21H,6-8,11-12H2,1-5H3,(H2,22,23,24,26);3H2,1-2H3. The molecule has 0 radical (unpaired) electrons. The fourth-order valence-corrected chi connectivity index (χ4v) is 2.94. The summed E-state index contributed by atoms with van der Waals surface area (Å²) in [6.45, 7) is 8.12. The van der Waals surface area contributed by atoms with E-state index in [1.54, 1.807) is 14.2 Å². The number of aromatic nitrogens is 2. The van der Waals surface area contributed by atoms with Crippen LogP contribution in [0, 0.1) is 0 Å². The van der Waals surface area contributed by atoms with E-state index in [1.807, 2.05) is 32.3 Å². The van der Waals surface area contributed by atoms with Crippen molar-refractivity contribution in [3.63, 3.8) is 0 Å². The molecule has 0 fully saturated rings. The number of hydrogen-bond donors (Lipinski definition) is 3. The zero-order valence-corrected chi connectivity index (χ0v) is 19.7. The molecule has 0 unspecified atom stereocenters. The largest absolute Gasteiger partial charge is 0.496 e. The molecule has 0 atom stereocenters. The highest BCUT2D eigenvalue weighted by Gasteiger charge is 2.15. The Labute approximate surface area is 181 Å². The van der Waals surface area contributed by atoms with Gasteiger partial charge in [-0.1, -0.05) is 33.6 Å². The van der Waals surface area contributed by atoms with Crippen LogP contribution in [0.3, 0.4) is 0 Å². The molecule has 0 amide bonds. The first-order chi connectivity index (χ1) is 14.5. The normalized spacial score (nSPS) is 10.2. The maximum Gasteiger partial charge on any atom is 0.256 e. The molecule has 0 aliphatic carbocycles. The molecule has 1 aromatic heterocycles. The monoisotopic (exact) mass is 417 g/mol. The van der Waals surface area contributed by atoms with Gasteiger partial charge >= 0.3 is 0 Å². The van der Waals surface area contributed by atoms with E-state index in [0.717, 1.165) is 37.2 Å². The third-order valence-corrected chi connectivity index (χ3v) is 4.61. The molecule has 0 bridgehead atoms. The van der Waals surface area contributed by atoms with E-state index in [-0.39, 0.29) is 5.56 Å². The summed E-state index contributed by atoms with van der Waals surface area (Å²) in [5, 5.41) is 6.20. The molecule has 0 spiro atoms. The Kier molecular flexibility index (Phi) is 11.6. The fourth-order valence-electron chi connectivity index (χ4n) is 2.94. The molecule has 0 saturated carbocycles. The zero-order valence-electron chi connectivity index (χ0n) is 19.7. The summed E-state index contributed by atoms with van der Waals surface area (Å²) in [7, 11) is 7.39. The lowest BCUT2D eigenvalue weighted by Gasteiger charge is -2.21. The fraction of sp³-hybridized carbons (Fsp3) is 0.565. The van der Waals surface area contributed by atoms with E-state index in [9.17, 15) is 4.79 Å². The van der Waals surface area contributed by atoms with Gasteiger partial charge in [0.05, 0.1) is 18.2 Å². The molecule has 0 saturated heterocycles. The van der Waals surface area contributed by atoms with Gasteiger partial charge in [0.15, 0.2) is 0 Å². The van der Waals surface area contributed by atoms with Crippen LogP contribution in [0.15, 0.2) is 23.0 Å². The summed E-state index contributed by atoms with van der Waals surface area (Å²) >= 11 is 0. The third kappa shape index (κ3) is 7.06. The summed E-state index contributed by atoms with van der Waals surface area (Å²) in [5.74, 6) is 1.81. The van der Waals surface area contributed by atoms with Gasteiger partial charge in [-0.05, 0) is 32.0 Å². The van der Waals surface area contributed by atoms with Crippen LogP contribution >= 0.6 is 0 Å². The van der Waals surface area contributed by atoms with Crippen molar-refractivity contribution >= 4 is 11.5 Å². The van der Waals surface area contributed by atoms with Gasteiger partial charge < -0.3 is 25.3 Å². The molecule has 0 aliphatic heterocycles. The van der Waals surface area contributed by atoms with Crippen molar-refractivity contribution < 1.29 is 4.74 Å². The van der Waals surface area contributed by atoms with Crippen molar-refractivity contribution in [2.75, 3.05) is 51.6 Å². The van der Waals surface area contributed by atoms with E-state index in [1.165, 1.54) is 6.42 Å². The summed E-state index contributed by atoms with van der Waals surface area (Å²) in [6.07, 6.45) is 3.94. The highest BCUT2D eigenvalue weighted by Crippen LogP contribution is 2.32. The highest BCUT2D eigenvalue weighted by atomic mass is 16.5. The minimum atomic E-state index is -0.102. The number of nitrogens with one attached hydrogen (secondary N) is 3. The lowest BCUT2D eigenvalue weighted by Crippen LogP contribution is -2.27. The van der Waals surface area contributed by atoms with Gasteiger partial charge in [-0.3, -0.25) is 4.79 Å². The summed E-state index contributed by atoms with van der Waals surface area (Å²) < 4.78 is 5.58. The third-order valence-electron chi connectivity index (χ3n) is 4.61. The summed E-state index contributed by atoms with van der Waals surface area (Å²) in [6, 6.07) is 5.92. The van der Waals surface area contributed by atoms with Crippen LogP contribution in [0.4, 0.5) is 11.5 Å². The maximum atomic E-state index is 12.6. The topological polar surface area (TPSA) is 82.3 Å². The SMILES string of the molecule is CCC.CCCCc1c(NC)nc(-c2ccc(N(C)CCNC)cc2OC)[nH]c1=O. The molecule has 1 heterocycles. The highest BCUT2D eigenvalue weighted by molar-refractivity contribution is 5.70. The van der Waals surface area contributed by atoms with Crippen molar-refractivity contribution in [2.45, 2.75) is 46.5 Å². The van der Waals surface area contributed by atoms with Crippen LogP contribution in [-0.2, 0) is 6.42 Å². The molecular weight excluding hydrogens is 378 g/mol. The second kappa shape index (κ2) is 13.6. The number of nitrogens with zero attached hydrogens (tertiary/aromatic N) is 2. The first kappa shape index (κ1) is 25.5. The Balaban J connectivity index is 0.00000141. The van der Waals surface area contributed by atoms with Gasteiger partial charge in [-0.2, -0.15) is 0 Å². The summed E-state index contributed by atoms with van der Waals surface area (Å²) in [4.78, 5) is 22.3. The molecule has 30 heavy (non-hydrogen) atoms. The molecule has 1 aromatic carbocycles. The van der Waals surface area contributed by atoms with Crippen molar-refractivity contribution in [3.05, 3.63) is 34.1 Å².